The molecule has 0 amide bonds. The van der Waals surface area contributed by atoms with Gasteiger partial charge in [-0.25, -0.2) is 0 Å². The number of unbranched alkanes of at least 4 members (excludes halogenated alkanes) is 32. The normalized spacial score (nSPS) is 12.8. The number of allylic oxidation sites excluding steroid dienone is 18. The summed E-state index contributed by atoms with van der Waals surface area (Å²) >= 11 is 0. The number of ether oxygens (including phenoxy) is 3. The summed E-state index contributed by atoms with van der Waals surface area (Å²) in [7, 11) is 0. The molecule has 0 saturated heterocycles. The quantitative estimate of drug-likeness (QED) is 0.0261. The highest BCUT2D eigenvalue weighted by atomic mass is 16.6. The van der Waals surface area contributed by atoms with Crippen molar-refractivity contribution in [2.24, 2.45) is 0 Å². The van der Waals surface area contributed by atoms with Gasteiger partial charge in [0.05, 0.1) is 0 Å². The summed E-state index contributed by atoms with van der Waals surface area (Å²) in [6, 6.07) is 0. The lowest BCUT2D eigenvalue weighted by Crippen LogP contribution is -2.30. The molecule has 6 nitrogen and oxygen atoms in total. The first-order valence-corrected chi connectivity index (χ1v) is 33.9. The molecule has 0 spiro atoms. The predicted octanol–water partition coefficient (Wildman–Crippen LogP) is 23.4. The van der Waals surface area contributed by atoms with Gasteiger partial charge in [0.2, 0.25) is 0 Å². The van der Waals surface area contributed by atoms with Gasteiger partial charge in [-0.15, -0.1) is 0 Å². The molecule has 1 atom stereocenters. The van der Waals surface area contributed by atoms with Crippen LogP contribution in [-0.4, -0.2) is 37.2 Å². The molecule has 0 heterocycles. The molecule has 0 aromatic carbocycles. The van der Waals surface area contributed by atoms with Crippen LogP contribution >= 0.6 is 0 Å². The van der Waals surface area contributed by atoms with Gasteiger partial charge in [0.1, 0.15) is 13.2 Å². The van der Waals surface area contributed by atoms with E-state index in [1.807, 2.05) is 0 Å². The molecular weight excluding hydrogens is 985 g/mol. The molecule has 1 unspecified atom stereocenters. The number of rotatable bonds is 61. The van der Waals surface area contributed by atoms with Crippen molar-refractivity contribution in [2.75, 3.05) is 13.2 Å². The van der Waals surface area contributed by atoms with Crippen molar-refractivity contribution in [2.45, 2.75) is 329 Å². The van der Waals surface area contributed by atoms with Gasteiger partial charge in [-0.2, -0.15) is 0 Å². The molecule has 80 heavy (non-hydrogen) atoms. The van der Waals surface area contributed by atoms with Crippen LogP contribution in [0.2, 0.25) is 0 Å². The van der Waals surface area contributed by atoms with Gasteiger partial charge in [-0.3, -0.25) is 14.4 Å². The maximum atomic E-state index is 12.9. The highest BCUT2D eigenvalue weighted by Crippen LogP contribution is 2.16. The number of carbonyl (C=O) groups is 3. The van der Waals surface area contributed by atoms with Crippen LogP contribution in [0, 0.1) is 0 Å². The average Bonchev–Trinajstić information content (AvgIpc) is 3.46. The van der Waals surface area contributed by atoms with Crippen LogP contribution in [0.5, 0.6) is 0 Å². The standard InChI is InChI=1S/C74H126O6/c1-4-7-10-13-16-19-22-25-28-31-33-34-35-36-37-38-39-40-42-43-46-49-52-55-58-61-64-67-73(76)79-70-71(69-78-72(75)66-63-60-57-54-51-48-45-30-27-24-21-18-15-12-9-6-3)80-74(77)68-65-62-59-56-53-50-47-44-41-32-29-26-23-20-17-14-11-8-5-2/h8,11,17,20,22,25-26,29-31,33,35-36,41,44-45,50,53,71H,4-7,9-10,12-16,18-19,21,23-24,27-28,32,34,37-40,42-43,46-49,51-52,54-70H2,1-3H3/b11-8-,20-17-,25-22-,29-26-,33-31-,36-35-,44-41-,45-30-,53-50-. The molecular formula is C74H126O6. The van der Waals surface area contributed by atoms with Gasteiger partial charge in [0.15, 0.2) is 6.10 Å². The molecule has 0 bridgehead atoms. The minimum atomic E-state index is -0.803. The second-order valence-electron chi connectivity index (χ2n) is 22.3. The van der Waals surface area contributed by atoms with Crippen LogP contribution in [0.15, 0.2) is 109 Å². The summed E-state index contributed by atoms with van der Waals surface area (Å²) in [6.07, 6.45) is 92.4. The number of hydrogen-bond acceptors (Lipinski definition) is 6. The Bertz CT molecular complexity index is 1610. The van der Waals surface area contributed by atoms with Crippen LogP contribution in [0.1, 0.15) is 323 Å². The maximum absolute atomic E-state index is 12.9. The van der Waals surface area contributed by atoms with E-state index in [9.17, 15) is 14.4 Å². The summed E-state index contributed by atoms with van der Waals surface area (Å²) in [5.74, 6) is -0.928. The SMILES string of the molecule is CC/C=C\C/C=C\C/C=C\C/C=C\C/C=C\CCCCCC(=O)OC(COC(=O)CCCCCCC/C=C\CCCCCCCCC)COC(=O)CCCCCCCCCCCCCC/C=C\C/C=C\C/C=C\CCCCCCC. The largest absolute Gasteiger partial charge is 0.462 e. The first kappa shape index (κ1) is 76.1. The molecule has 0 fully saturated rings. The molecule has 0 aliphatic rings. The van der Waals surface area contributed by atoms with Crippen molar-refractivity contribution in [3.05, 3.63) is 109 Å². The van der Waals surface area contributed by atoms with E-state index >= 15 is 0 Å². The summed E-state index contributed by atoms with van der Waals surface area (Å²) < 4.78 is 16.9. The summed E-state index contributed by atoms with van der Waals surface area (Å²) in [4.78, 5) is 38.4. The van der Waals surface area contributed by atoms with E-state index in [1.54, 1.807) is 0 Å². The Morgan fingerprint density at radius 2 is 0.487 bits per heavy atom. The van der Waals surface area contributed by atoms with Gasteiger partial charge in [-0.05, 0) is 128 Å². The van der Waals surface area contributed by atoms with E-state index in [0.717, 1.165) is 116 Å². The highest BCUT2D eigenvalue weighted by Gasteiger charge is 2.19. The van der Waals surface area contributed by atoms with Crippen molar-refractivity contribution >= 4 is 17.9 Å². The van der Waals surface area contributed by atoms with E-state index in [-0.39, 0.29) is 37.5 Å². The predicted molar refractivity (Wildman–Crippen MR) is 348 cm³/mol. The number of carbonyl (C=O) groups excluding carboxylic acids is 3. The van der Waals surface area contributed by atoms with Crippen molar-refractivity contribution < 1.29 is 28.6 Å². The first-order chi connectivity index (χ1) is 39.5. The van der Waals surface area contributed by atoms with Crippen molar-refractivity contribution in [3.8, 4) is 0 Å². The van der Waals surface area contributed by atoms with E-state index in [0.29, 0.717) is 12.8 Å². The molecule has 0 rings (SSSR count). The topological polar surface area (TPSA) is 78.9 Å². The van der Waals surface area contributed by atoms with Crippen LogP contribution in [-0.2, 0) is 28.6 Å². The monoisotopic (exact) mass is 1110 g/mol. The van der Waals surface area contributed by atoms with Gasteiger partial charge in [0, 0.05) is 19.3 Å². The minimum absolute atomic E-state index is 0.0951. The molecule has 0 radical (unpaired) electrons. The second-order valence-corrected chi connectivity index (χ2v) is 22.3. The zero-order valence-electron chi connectivity index (χ0n) is 52.6. The summed E-state index contributed by atoms with van der Waals surface area (Å²) in [5.41, 5.74) is 0. The Morgan fingerprint density at radius 3 is 0.787 bits per heavy atom. The molecule has 0 saturated carbocycles. The molecule has 0 aromatic rings. The number of esters is 3. The Kier molecular flexibility index (Phi) is 64.3. The lowest BCUT2D eigenvalue weighted by atomic mass is 10.0. The van der Waals surface area contributed by atoms with Crippen LogP contribution in [0.3, 0.4) is 0 Å². The zero-order valence-corrected chi connectivity index (χ0v) is 52.6. The zero-order chi connectivity index (χ0) is 57.8. The lowest BCUT2D eigenvalue weighted by Gasteiger charge is -2.18. The Hall–Kier alpha value is -3.93. The lowest BCUT2D eigenvalue weighted by molar-refractivity contribution is -0.167. The number of hydrogen-bond donors (Lipinski definition) is 0. The second kappa shape index (κ2) is 67.6. The maximum Gasteiger partial charge on any atom is 0.306 e. The fourth-order valence-electron chi connectivity index (χ4n) is 9.41. The van der Waals surface area contributed by atoms with Crippen molar-refractivity contribution in [1.29, 1.82) is 0 Å². The third kappa shape index (κ3) is 64.9. The van der Waals surface area contributed by atoms with E-state index in [4.69, 9.17) is 14.2 Å². The van der Waals surface area contributed by atoms with E-state index in [1.165, 1.54) is 167 Å². The highest BCUT2D eigenvalue weighted by molar-refractivity contribution is 5.71. The van der Waals surface area contributed by atoms with Crippen molar-refractivity contribution in [1.82, 2.24) is 0 Å². The van der Waals surface area contributed by atoms with Crippen LogP contribution in [0.25, 0.3) is 0 Å². The third-order valence-electron chi connectivity index (χ3n) is 14.5. The average molecular weight is 1110 g/mol. The molecule has 0 aromatic heterocycles. The van der Waals surface area contributed by atoms with Gasteiger partial charge < -0.3 is 14.2 Å². The molecule has 458 valence electrons. The van der Waals surface area contributed by atoms with Gasteiger partial charge in [-0.1, -0.05) is 284 Å². The van der Waals surface area contributed by atoms with Crippen LogP contribution < -0.4 is 0 Å². The van der Waals surface area contributed by atoms with Gasteiger partial charge >= 0.3 is 17.9 Å². The molecule has 0 aliphatic carbocycles. The molecule has 0 N–H and O–H groups in total. The van der Waals surface area contributed by atoms with E-state index in [2.05, 4.69) is 130 Å². The smallest absolute Gasteiger partial charge is 0.306 e. The first-order valence-electron chi connectivity index (χ1n) is 33.9. The Balaban J connectivity index is 4.38. The van der Waals surface area contributed by atoms with Crippen LogP contribution in [0.4, 0.5) is 0 Å². The molecule has 0 aliphatic heterocycles. The fourth-order valence-corrected chi connectivity index (χ4v) is 9.41. The summed E-state index contributed by atoms with van der Waals surface area (Å²) in [5, 5.41) is 0. The Labute approximate surface area is 495 Å². The third-order valence-corrected chi connectivity index (χ3v) is 14.5. The fraction of sp³-hybridized carbons (Fsp3) is 0.716. The van der Waals surface area contributed by atoms with E-state index < -0.39 is 6.10 Å². The minimum Gasteiger partial charge on any atom is -0.462 e. The molecule has 6 heteroatoms. The summed E-state index contributed by atoms with van der Waals surface area (Å²) in [6.45, 7) is 6.50. The van der Waals surface area contributed by atoms with Crippen molar-refractivity contribution in [3.63, 3.8) is 0 Å². The van der Waals surface area contributed by atoms with Gasteiger partial charge in [0.25, 0.3) is 0 Å². The Morgan fingerprint density at radius 1 is 0.263 bits per heavy atom.